The summed E-state index contributed by atoms with van der Waals surface area (Å²) in [7, 11) is 0. The van der Waals surface area contributed by atoms with Crippen molar-refractivity contribution in [1.29, 1.82) is 0 Å². The van der Waals surface area contributed by atoms with Gasteiger partial charge >= 0.3 is 0 Å². The van der Waals surface area contributed by atoms with Gasteiger partial charge in [-0.2, -0.15) is 4.98 Å². The number of aromatic nitrogens is 1. The van der Waals surface area contributed by atoms with E-state index >= 15 is 0 Å². The summed E-state index contributed by atoms with van der Waals surface area (Å²) in [6.07, 6.45) is 0. The van der Waals surface area contributed by atoms with Gasteiger partial charge in [-0.25, -0.2) is 0 Å². The molecular weight excluding hydrogens is 214 g/mol. The van der Waals surface area contributed by atoms with E-state index in [2.05, 4.69) is 35.6 Å². The van der Waals surface area contributed by atoms with Crippen molar-refractivity contribution < 1.29 is 5.11 Å². The highest BCUT2D eigenvalue weighted by Crippen LogP contribution is 2.20. The van der Waals surface area contributed by atoms with Crippen molar-refractivity contribution in [3.05, 3.63) is 18.2 Å². The lowest BCUT2D eigenvalue weighted by Crippen LogP contribution is -2.53. The van der Waals surface area contributed by atoms with Crippen molar-refractivity contribution in [2.24, 2.45) is 0 Å². The molecule has 94 valence electrons. The number of rotatable bonds is 1. The van der Waals surface area contributed by atoms with E-state index in [0.717, 1.165) is 32.0 Å². The van der Waals surface area contributed by atoms with Crippen molar-refractivity contribution in [2.75, 3.05) is 31.1 Å². The second-order valence-electron chi connectivity index (χ2n) is 5.50. The highest BCUT2D eigenvalue weighted by molar-refractivity contribution is 5.40. The molecular formula is C13H21N3O. The molecule has 2 heterocycles. The van der Waals surface area contributed by atoms with Crippen LogP contribution in [0.4, 0.5) is 5.82 Å². The van der Waals surface area contributed by atoms with Gasteiger partial charge in [-0.15, -0.1) is 0 Å². The minimum absolute atomic E-state index is 0.0979. The van der Waals surface area contributed by atoms with E-state index in [4.69, 9.17) is 0 Å². The quantitative estimate of drug-likeness (QED) is 0.804. The lowest BCUT2D eigenvalue weighted by atomic mass is 10.1. The predicted molar refractivity (Wildman–Crippen MR) is 69.4 cm³/mol. The van der Waals surface area contributed by atoms with E-state index in [1.165, 1.54) is 0 Å². The Kier molecular flexibility index (Phi) is 3.24. The third kappa shape index (κ3) is 2.88. The summed E-state index contributed by atoms with van der Waals surface area (Å²) in [4.78, 5) is 8.85. The Morgan fingerprint density at radius 1 is 1.12 bits per heavy atom. The number of piperazine rings is 1. The first-order valence-corrected chi connectivity index (χ1v) is 6.13. The molecule has 1 fully saturated rings. The number of nitrogens with zero attached hydrogens (tertiary/aromatic N) is 3. The van der Waals surface area contributed by atoms with Gasteiger partial charge in [0.15, 0.2) is 0 Å². The molecule has 0 amide bonds. The highest BCUT2D eigenvalue weighted by atomic mass is 16.3. The fraction of sp³-hybridized carbons (Fsp3) is 0.615. The van der Waals surface area contributed by atoms with Crippen LogP contribution in [0.2, 0.25) is 0 Å². The average molecular weight is 235 g/mol. The Morgan fingerprint density at radius 2 is 1.76 bits per heavy atom. The zero-order valence-corrected chi connectivity index (χ0v) is 10.8. The van der Waals surface area contributed by atoms with Crippen molar-refractivity contribution in [2.45, 2.75) is 26.3 Å². The molecule has 4 heteroatoms. The van der Waals surface area contributed by atoms with Gasteiger partial charge in [-0.3, -0.25) is 4.90 Å². The summed E-state index contributed by atoms with van der Waals surface area (Å²) in [5, 5.41) is 9.38. The Morgan fingerprint density at radius 3 is 2.29 bits per heavy atom. The topological polar surface area (TPSA) is 39.6 Å². The summed E-state index contributed by atoms with van der Waals surface area (Å²) in [5.74, 6) is 0.972. The smallest absolute Gasteiger partial charge is 0.212 e. The standard InChI is InChI=1S/C13H21N3O/c1-13(2,3)16-9-7-15(8-10-16)11-5-4-6-12(17)14-11/h4-6H,7-10H2,1-3H3,(H,14,17). The molecule has 1 aromatic rings. The molecule has 17 heavy (non-hydrogen) atoms. The van der Waals surface area contributed by atoms with Crippen LogP contribution < -0.4 is 4.90 Å². The molecule has 1 saturated heterocycles. The van der Waals surface area contributed by atoms with Crippen molar-refractivity contribution in [3.8, 4) is 5.88 Å². The molecule has 0 saturated carbocycles. The van der Waals surface area contributed by atoms with Crippen LogP contribution in [-0.2, 0) is 0 Å². The van der Waals surface area contributed by atoms with Crippen LogP contribution in [0, 0.1) is 0 Å². The Labute approximate surface area is 103 Å². The number of hydrogen-bond donors (Lipinski definition) is 1. The summed E-state index contributed by atoms with van der Waals surface area (Å²) in [5.41, 5.74) is 0.234. The van der Waals surface area contributed by atoms with E-state index in [1.807, 2.05) is 12.1 Å². The molecule has 2 rings (SSSR count). The van der Waals surface area contributed by atoms with Crippen LogP contribution in [0.3, 0.4) is 0 Å². The van der Waals surface area contributed by atoms with Gasteiger partial charge in [0.1, 0.15) is 5.82 Å². The van der Waals surface area contributed by atoms with Crippen molar-refractivity contribution >= 4 is 5.82 Å². The minimum Gasteiger partial charge on any atom is -0.493 e. The van der Waals surface area contributed by atoms with E-state index in [-0.39, 0.29) is 11.4 Å². The number of pyridine rings is 1. The molecule has 1 aliphatic heterocycles. The predicted octanol–water partition coefficient (Wildman–Crippen LogP) is 1.71. The SMILES string of the molecule is CC(C)(C)N1CCN(c2cccc(O)n2)CC1. The highest BCUT2D eigenvalue weighted by Gasteiger charge is 2.26. The minimum atomic E-state index is 0.0979. The van der Waals surface area contributed by atoms with Gasteiger partial charge in [0.25, 0.3) is 0 Å². The second kappa shape index (κ2) is 4.53. The maximum atomic E-state index is 9.38. The zero-order chi connectivity index (χ0) is 12.5. The van der Waals surface area contributed by atoms with Crippen molar-refractivity contribution in [3.63, 3.8) is 0 Å². The Hall–Kier alpha value is -1.29. The van der Waals surface area contributed by atoms with Gasteiger partial charge < -0.3 is 10.0 Å². The van der Waals surface area contributed by atoms with Gasteiger partial charge in [0, 0.05) is 37.8 Å². The molecule has 0 bridgehead atoms. The molecule has 0 radical (unpaired) electrons. The summed E-state index contributed by atoms with van der Waals surface area (Å²) < 4.78 is 0. The van der Waals surface area contributed by atoms with E-state index in [9.17, 15) is 5.11 Å². The summed E-state index contributed by atoms with van der Waals surface area (Å²) >= 11 is 0. The fourth-order valence-electron chi connectivity index (χ4n) is 2.19. The van der Waals surface area contributed by atoms with Gasteiger partial charge in [-0.1, -0.05) is 6.07 Å². The molecule has 4 nitrogen and oxygen atoms in total. The van der Waals surface area contributed by atoms with Crippen molar-refractivity contribution in [1.82, 2.24) is 9.88 Å². The monoisotopic (exact) mass is 235 g/mol. The molecule has 0 spiro atoms. The molecule has 1 aromatic heterocycles. The molecule has 0 unspecified atom stereocenters. The maximum absolute atomic E-state index is 9.38. The Bertz CT molecular complexity index is 378. The number of aromatic hydroxyl groups is 1. The average Bonchev–Trinajstić information content (AvgIpc) is 2.28. The maximum Gasteiger partial charge on any atom is 0.212 e. The third-order valence-electron chi connectivity index (χ3n) is 3.27. The first-order valence-electron chi connectivity index (χ1n) is 6.13. The fourth-order valence-corrected chi connectivity index (χ4v) is 2.19. The van der Waals surface area contributed by atoms with Crippen LogP contribution in [0.5, 0.6) is 5.88 Å². The van der Waals surface area contributed by atoms with Gasteiger partial charge in [0.2, 0.25) is 5.88 Å². The summed E-state index contributed by atoms with van der Waals surface area (Å²) in [6.45, 7) is 10.8. The van der Waals surface area contributed by atoms with Crippen LogP contribution >= 0.6 is 0 Å². The van der Waals surface area contributed by atoms with E-state index in [1.54, 1.807) is 6.07 Å². The van der Waals surface area contributed by atoms with E-state index in [0.29, 0.717) is 0 Å². The van der Waals surface area contributed by atoms with Gasteiger partial charge in [0.05, 0.1) is 0 Å². The van der Waals surface area contributed by atoms with Crippen LogP contribution in [0.1, 0.15) is 20.8 Å². The third-order valence-corrected chi connectivity index (χ3v) is 3.27. The lowest BCUT2D eigenvalue weighted by Gasteiger charge is -2.42. The van der Waals surface area contributed by atoms with Crippen LogP contribution in [0.15, 0.2) is 18.2 Å². The largest absolute Gasteiger partial charge is 0.493 e. The lowest BCUT2D eigenvalue weighted by molar-refractivity contribution is 0.128. The second-order valence-corrected chi connectivity index (χ2v) is 5.50. The summed E-state index contributed by atoms with van der Waals surface area (Å²) in [6, 6.07) is 5.40. The van der Waals surface area contributed by atoms with E-state index < -0.39 is 0 Å². The first-order chi connectivity index (χ1) is 7.97. The van der Waals surface area contributed by atoms with Gasteiger partial charge in [-0.05, 0) is 26.8 Å². The Balaban J connectivity index is 2.00. The molecule has 0 aliphatic carbocycles. The molecule has 0 aromatic carbocycles. The number of hydrogen-bond acceptors (Lipinski definition) is 4. The number of anilines is 1. The van der Waals surface area contributed by atoms with Crippen LogP contribution in [0.25, 0.3) is 0 Å². The molecule has 1 N–H and O–H groups in total. The molecule has 1 aliphatic rings. The first kappa shape index (κ1) is 12.2. The van der Waals surface area contributed by atoms with Crippen LogP contribution in [-0.4, -0.2) is 46.7 Å². The normalized spacial score (nSPS) is 18.4. The molecule has 0 atom stereocenters. The zero-order valence-electron chi connectivity index (χ0n) is 10.8.